The van der Waals surface area contributed by atoms with E-state index in [-0.39, 0.29) is 0 Å². The molecule has 0 spiro atoms. The second-order valence-electron chi connectivity index (χ2n) is 2.63. The fraction of sp³-hybridized carbons (Fsp3) is 0. The normalized spacial score (nSPS) is 13.1. The van der Waals surface area contributed by atoms with Crippen LogP contribution in [0.15, 0.2) is 24.3 Å². The van der Waals surface area contributed by atoms with Crippen LogP contribution in [0.1, 0.15) is 20.7 Å². The molecule has 1 heterocycles. The lowest BCUT2D eigenvalue weighted by Crippen LogP contribution is -1.96. The largest absolute Gasteiger partial charge is 0.471 e. The Morgan fingerprint density at radius 1 is 1.00 bits per heavy atom. The number of hydrogen-bond acceptors (Lipinski definition) is 4. The van der Waals surface area contributed by atoms with Crippen molar-refractivity contribution < 1.29 is 18.4 Å². The predicted molar refractivity (Wildman–Crippen MR) is 57.2 cm³/mol. The van der Waals surface area contributed by atoms with Gasteiger partial charge in [0, 0.05) is 0 Å². The van der Waals surface area contributed by atoms with Crippen molar-refractivity contribution in [2.75, 3.05) is 0 Å². The van der Waals surface area contributed by atoms with Gasteiger partial charge in [-0.2, -0.15) is 0 Å². The van der Waals surface area contributed by atoms with Crippen molar-refractivity contribution in [2.45, 2.75) is 0 Å². The Balaban J connectivity index is 0.000000293. The summed E-state index contributed by atoms with van der Waals surface area (Å²) in [6.07, 6.45) is 0. The predicted octanol–water partition coefficient (Wildman–Crippen LogP) is -1.44. The molecular weight excluding hydrogens is 216 g/mol. The van der Waals surface area contributed by atoms with Crippen LogP contribution in [0.2, 0.25) is 0 Å². The van der Waals surface area contributed by atoms with Crippen LogP contribution in [0, 0.1) is 0 Å². The summed E-state index contributed by atoms with van der Waals surface area (Å²) in [5.74, 6) is -1.10. The third-order valence-electron chi connectivity index (χ3n) is 1.55. The second kappa shape index (κ2) is 4.84. The quantitative estimate of drug-likeness (QED) is 0.309. The molecule has 74 valence electrons. The summed E-state index contributed by atoms with van der Waals surface area (Å²) < 4.78 is 8.88. The molecule has 0 amide bonds. The number of esters is 2. The third kappa shape index (κ3) is 2.16. The zero-order chi connectivity index (χ0) is 10.6. The van der Waals surface area contributed by atoms with Crippen LogP contribution in [-0.2, 0) is 8.85 Å². The number of cyclic esters (lactones) is 2. The zero-order valence-corrected chi connectivity index (χ0v) is 11.9. The minimum atomic E-state index is -0.550. The van der Waals surface area contributed by atoms with Crippen LogP contribution in [0.25, 0.3) is 0 Å². The van der Waals surface area contributed by atoms with Gasteiger partial charge in [0.05, 0.1) is 11.1 Å². The summed E-state index contributed by atoms with van der Waals surface area (Å²) in [7, 11) is 1.86. The highest BCUT2D eigenvalue weighted by Crippen LogP contribution is 2.18. The molecule has 1 aromatic rings. The first-order valence-electron chi connectivity index (χ1n) is 3.96. The molecule has 0 aliphatic carbocycles. The number of carbonyl (C=O) groups is 2. The number of carbonyl (C=O) groups excluding carboxylic acids is 2. The molecule has 6 heteroatoms. The summed E-state index contributed by atoms with van der Waals surface area (Å²) >= 11 is 0. The lowest BCUT2D eigenvalue weighted by Gasteiger charge is -1.86. The smallest absolute Gasteiger partial charge is 0.346 e. The van der Waals surface area contributed by atoms with Gasteiger partial charge in [0.25, 0.3) is 0 Å². The van der Waals surface area contributed by atoms with E-state index < -0.39 is 11.9 Å². The van der Waals surface area contributed by atoms with Crippen molar-refractivity contribution >= 4 is 32.9 Å². The van der Waals surface area contributed by atoms with Gasteiger partial charge in [-0.05, 0) is 12.1 Å². The van der Waals surface area contributed by atoms with Crippen LogP contribution in [0.4, 0.5) is 0 Å². The van der Waals surface area contributed by atoms with E-state index in [0.29, 0.717) is 11.1 Å². The van der Waals surface area contributed by atoms with Gasteiger partial charge in [-0.25, -0.2) is 9.59 Å². The Morgan fingerprint density at radius 3 is 1.71 bits per heavy atom. The van der Waals surface area contributed by atoms with E-state index in [4.69, 9.17) is 0 Å². The number of fused-ring (bicyclic) bond motifs is 1. The fourth-order valence-electron chi connectivity index (χ4n) is 1.03. The first-order valence-corrected chi connectivity index (χ1v) is 5.59. The highest BCUT2D eigenvalue weighted by atomic mass is 28.3. The van der Waals surface area contributed by atoms with Crippen LogP contribution in [0.5, 0.6) is 0 Å². The minimum Gasteiger partial charge on any atom is -0.471 e. The van der Waals surface area contributed by atoms with E-state index in [1.54, 1.807) is 24.3 Å². The Kier molecular flexibility index (Phi) is 3.75. The topological polar surface area (TPSA) is 52.6 Å². The molecule has 0 fully saturated rings. The van der Waals surface area contributed by atoms with Crippen molar-refractivity contribution in [3.63, 3.8) is 0 Å². The first-order chi connectivity index (χ1) is 6.70. The molecular formula is C8H10O4Si2. The summed E-state index contributed by atoms with van der Waals surface area (Å²) in [6, 6.07) is 6.53. The maximum atomic E-state index is 10.8. The molecule has 1 aliphatic rings. The Morgan fingerprint density at radius 2 is 1.36 bits per heavy atom. The number of benzene rings is 1. The van der Waals surface area contributed by atoms with Crippen molar-refractivity contribution in [3.05, 3.63) is 35.4 Å². The van der Waals surface area contributed by atoms with E-state index >= 15 is 0 Å². The maximum absolute atomic E-state index is 10.8. The Hall–Kier alpha value is -1.25. The van der Waals surface area contributed by atoms with Crippen molar-refractivity contribution in [2.24, 2.45) is 0 Å². The number of rotatable bonds is 0. The van der Waals surface area contributed by atoms with E-state index in [0.717, 1.165) is 21.0 Å². The van der Waals surface area contributed by atoms with Gasteiger partial charge in [-0.15, -0.1) is 0 Å². The standard InChI is InChI=1S/C8H4O3.H6OSi2/c9-7-5-3-1-2-4-6(5)8(10)11-7;2-1-3/h1-4H;2-3H3. The molecule has 4 nitrogen and oxygen atoms in total. The lowest BCUT2D eigenvalue weighted by atomic mass is 10.1. The van der Waals surface area contributed by atoms with Crippen LogP contribution >= 0.6 is 0 Å². The molecule has 0 unspecified atom stereocenters. The van der Waals surface area contributed by atoms with Gasteiger partial charge < -0.3 is 8.85 Å². The summed E-state index contributed by atoms with van der Waals surface area (Å²) in [4.78, 5) is 21.7. The third-order valence-corrected chi connectivity index (χ3v) is 1.55. The average Bonchev–Trinajstić information content (AvgIpc) is 2.45. The molecule has 0 atom stereocenters. The molecule has 2 rings (SSSR count). The lowest BCUT2D eigenvalue weighted by molar-refractivity contribution is 0.0444. The van der Waals surface area contributed by atoms with E-state index in [1.807, 2.05) is 0 Å². The van der Waals surface area contributed by atoms with Crippen LogP contribution < -0.4 is 0 Å². The molecule has 0 radical (unpaired) electrons. The van der Waals surface area contributed by atoms with Crippen LogP contribution in [-0.4, -0.2) is 32.9 Å². The molecule has 0 saturated heterocycles. The molecule has 1 aliphatic heterocycles. The van der Waals surface area contributed by atoms with Gasteiger partial charge in [-0.1, -0.05) is 12.1 Å². The van der Waals surface area contributed by atoms with Gasteiger partial charge >= 0.3 is 11.9 Å². The zero-order valence-electron chi connectivity index (χ0n) is 7.94. The van der Waals surface area contributed by atoms with Gasteiger partial charge in [0.2, 0.25) is 0 Å². The molecule has 0 aromatic heterocycles. The summed E-state index contributed by atoms with van der Waals surface area (Å²) in [5, 5.41) is 0. The molecule has 14 heavy (non-hydrogen) atoms. The fourth-order valence-corrected chi connectivity index (χ4v) is 1.03. The molecule has 0 saturated carbocycles. The van der Waals surface area contributed by atoms with Crippen molar-refractivity contribution in [1.29, 1.82) is 0 Å². The highest BCUT2D eigenvalue weighted by Gasteiger charge is 2.28. The Bertz CT molecular complexity index is 331. The van der Waals surface area contributed by atoms with Crippen LogP contribution in [0.3, 0.4) is 0 Å². The van der Waals surface area contributed by atoms with E-state index in [1.165, 1.54) is 0 Å². The minimum absolute atomic E-state index is 0.359. The molecule has 0 bridgehead atoms. The van der Waals surface area contributed by atoms with Gasteiger partial charge in [0.1, 0.15) is 21.0 Å². The monoisotopic (exact) mass is 226 g/mol. The average molecular weight is 226 g/mol. The number of ether oxygens (including phenoxy) is 1. The van der Waals surface area contributed by atoms with Crippen molar-refractivity contribution in [3.8, 4) is 0 Å². The Labute approximate surface area is 87.3 Å². The molecule has 1 aromatic carbocycles. The maximum Gasteiger partial charge on any atom is 0.346 e. The number of hydrogen-bond donors (Lipinski definition) is 0. The van der Waals surface area contributed by atoms with Crippen molar-refractivity contribution in [1.82, 2.24) is 0 Å². The van der Waals surface area contributed by atoms with E-state index in [9.17, 15) is 9.59 Å². The summed E-state index contributed by atoms with van der Waals surface area (Å²) in [5.41, 5.74) is 0.718. The highest BCUT2D eigenvalue weighted by molar-refractivity contribution is 6.15. The second-order valence-corrected chi connectivity index (χ2v) is 5.90. The van der Waals surface area contributed by atoms with Gasteiger partial charge in [-0.3, -0.25) is 0 Å². The van der Waals surface area contributed by atoms with E-state index in [2.05, 4.69) is 8.85 Å². The first kappa shape index (κ1) is 10.8. The molecule has 0 N–H and O–H groups in total. The SMILES string of the molecule is O=C1OC(=O)c2ccccc21.[SiH3]O[SiH3]. The summed E-state index contributed by atoms with van der Waals surface area (Å²) in [6.45, 7) is 0. The van der Waals surface area contributed by atoms with Gasteiger partial charge in [0.15, 0.2) is 0 Å².